The summed E-state index contributed by atoms with van der Waals surface area (Å²) in [6.45, 7) is 4.97. The Bertz CT molecular complexity index is 240. The zero-order valence-corrected chi connectivity index (χ0v) is 10.3. The Hall–Kier alpha value is -0.170. The van der Waals surface area contributed by atoms with Crippen LogP contribution in [0.5, 0.6) is 0 Å². The molecule has 0 aromatic rings. The van der Waals surface area contributed by atoms with Crippen LogP contribution in [0.25, 0.3) is 0 Å². The van der Waals surface area contributed by atoms with E-state index in [1.807, 2.05) is 7.05 Å². The van der Waals surface area contributed by atoms with Crippen LogP contribution in [0.15, 0.2) is 0 Å². The zero-order valence-electron chi connectivity index (χ0n) is 9.48. The molecule has 1 N–H and O–H groups in total. The summed E-state index contributed by atoms with van der Waals surface area (Å²) in [5, 5.41) is 0. The van der Waals surface area contributed by atoms with Crippen molar-refractivity contribution in [2.45, 2.75) is 19.8 Å². The van der Waals surface area contributed by atoms with Gasteiger partial charge in [0, 0.05) is 13.2 Å². The Labute approximate surface area is 92.2 Å². The van der Waals surface area contributed by atoms with E-state index in [1.54, 1.807) is 0 Å². The lowest BCUT2D eigenvalue weighted by Gasteiger charge is -2.14. The SMILES string of the molecule is CCCN(C)CCOCCCS(=O)(=O)O. The van der Waals surface area contributed by atoms with Crippen LogP contribution in [-0.2, 0) is 14.9 Å². The molecular formula is C9H21NO4S. The fourth-order valence-corrected chi connectivity index (χ4v) is 1.64. The van der Waals surface area contributed by atoms with E-state index in [0.29, 0.717) is 19.6 Å². The molecule has 0 radical (unpaired) electrons. The van der Waals surface area contributed by atoms with Crippen LogP contribution in [0.2, 0.25) is 0 Å². The second-order valence-corrected chi connectivity index (χ2v) is 5.13. The first-order valence-electron chi connectivity index (χ1n) is 5.17. The Balaban J connectivity index is 3.25. The minimum Gasteiger partial charge on any atom is -0.380 e. The van der Waals surface area contributed by atoms with Crippen LogP contribution in [0, 0.1) is 0 Å². The Morgan fingerprint density at radius 1 is 1.27 bits per heavy atom. The summed E-state index contributed by atoms with van der Waals surface area (Å²) >= 11 is 0. The summed E-state index contributed by atoms with van der Waals surface area (Å²) in [7, 11) is -1.81. The van der Waals surface area contributed by atoms with E-state index >= 15 is 0 Å². The number of rotatable bonds is 9. The van der Waals surface area contributed by atoms with Gasteiger partial charge in [0.1, 0.15) is 0 Å². The standard InChI is InChI=1S/C9H21NO4S/c1-3-5-10(2)6-8-14-7-4-9-15(11,12)13/h3-9H2,1-2H3,(H,11,12,13). The van der Waals surface area contributed by atoms with Gasteiger partial charge in [0.25, 0.3) is 10.1 Å². The summed E-state index contributed by atoms with van der Waals surface area (Å²) in [5.74, 6) is -0.224. The van der Waals surface area contributed by atoms with E-state index in [1.165, 1.54) is 0 Å². The molecule has 0 aliphatic carbocycles. The van der Waals surface area contributed by atoms with Gasteiger partial charge in [0.05, 0.1) is 12.4 Å². The quantitative estimate of drug-likeness (QED) is 0.472. The molecule has 0 unspecified atom stereocenters. The van der Waals surface area contributed by atoms with E-state index in [4.69, 9.17) is 9.29 Å². The molecule has 0 aliphatic rings. The fourth-order valence-electron chi connectivity index (χ4n) is 1.16. The predicted molar refractivity (Wildman–Crippen MR) is 59.6 cm³/mol. The number of hydrogen-bond donors (Lipinski definition) is 1. The summed E-state index contributed by atoms with van der Waals surface area (Å²) in [6.07, 6.45) is 1.45. The molecule has 0 bridgehead atoms. The third-order valence-corrected chi connectivity index (χ3v) is 2.72. The molecule has 0 atom stereocenters. The van der Waals surface area contributed by atoms with Crippen LogP contribution < -0.4 is 0 Å². The molecular weight excluding hydrogens is 218 g/mol. The van der Waals surface area contributed by atoms with Crippen molar-refractivity contribution >= 4 is 10.1 Å². The first-order chi connectivity index (χ1) is 6.95. The van der Waals surface area contributed by atoms with Gasteiger partial charge < -0.3 is 9.64 Å². The molecule has 0 fully saturated rings. The molecule has 6 heteroatoms. The largest absolute Gasteiger partial charge is 0.380 e. The van der Waals surface area contributed by atoms with Crippen LogP contribution in [0.4, 0.5) is 0 Å². The molecule has 0 aromatic carbocycles. The van der Waals surface area contributed by atoms with Crippen molar-refractivity contribution < 1.29 is 17.7 Å². The average Bonchev–Trinajstić information content (AvgIpc) is 2.09. The monoisotopic (exact) mass is 239 g/mol. The topological polar surface area (TPSA) is 66.8 Å². The van der Waals surface area contributed by atoms with E-state index in [0.717, 1.165) is 19.5 Å². The van der Waals surface area contributed by atoms with Gasteiger partial charge in [0.2, 0.25) is 0 Å². The Kier molecular flexibility index (Phi) is 7.95. The van der Waals surface area contributed by atoms with Crippen molar-refractivity contribution in [1.82, 2.24) is 4.90 Å². The zero-order chi connectivity index (χ0) is 11.7. The molecule has 15 heavy (non-hydrogen) atoms. The molecule has 0 rings (SSSR count). The minimum absolute atomic E-state index is 0.224. The van der Waals surface area contributed by atoms with Crippen molar-refractivity contribution in [1.29, 1.82) is 0 Å². The van der Waals surface area contributed by atoms with Crippen LogP contribution in [0.1, 0.15) is 19.8 Å². The first kappa shape index (κ1) is 14.8. The lowest BCUT2D eigenvalue weighted by Crippen LogP contribution is -2.24. The second kappa shape index (κ2) is 8.04. The number of hydrogen-bond acceptors (Lipinski definition) is 4. The maximum Gasteiger partial charge on any atom is 0.264 e. The van der Waals surface area contributed by atoms with Gasteiger partial charge >= 0.3 is 0 Å². The predicted octanol–water partition coefficient (Wildman–Crippen LogP) is 0.623. The maximum absolute atomic E-state index is 10.3. The van der Waals surface area contributed by atoms with Gasteiger partial charge in [-0.2, -0.15) is 8.42 Å². The third kappa shape index (κ3) is 11.8. The lowest BCUT2D eigenvalue weighted by molar-refractivity contribution is 0.112. The van der Waals surface area contributed by atoms with Gasteiger partial charge in [-0.3, -0.25) is 4.55 Å². The fraction of sp³-hybridized carbons (Fsp3) is 1.00. The normalized spacial score (nSPS) is 12.3. The minimum atomic E-state index is -3.83. The number of nitrogens with zero attached hydrogens (tertiary/aromatic N) is 1. The van der Waals surface area contributed by atoms with Crippen LogP contribution >= 0.6 is 0 Å². The third-order valence-electron chi connectivity index (χ3n) is 1.91. The number of likely N-dealkylation sites (N-methyl/N-ethyl adjacent to an activating group) is 1. The first-order valence-corrected chi connectivity index (χ1v) is 6.78. The molecule has 0 saturated carbocycles. The second-order valence-electron chi connectivity index (χ2n) is 3.56. The molecule has 0 saturated heterocycles. The van der Waals surface area contributed by atoms with Gasteiger partial charge in [-0.05, 0) is 26.4 Å². The summed E-state index contributed by atoms with van der Waals surface area (Å²) < 4.78 is 34.4. The molecule has 5 nitrogen and oxygen atoms in total. The highest BCUT2D eigenvalue weighted by atomic mass is 32.2. The van der Waals surface area contributed by atoms with Crippen molar-refractivity contribution in [3.05, 3.63) is 0 Å². The highest BCUT2D eigenvalue weighted by molar-refractivity contribution is 7.85. The highest BCUT2D eigenvalue weighted by Gasteiger charge is 2.03. The summed E-state index contributed by atoms with van der Waals surface area (Å²) in [6, 6.07) is 0. The lowest BCUT2D eigenvalue weighted by atomic mass is 10.4. The van der Waals surface area contributed by atoms with Crippen molar-refractivity contribution in [3.63, 3.8) is 0 Å². The number of ether oxygens (including phenoxy) is 1. The smallest absolute Gasteiger partial charge is 0.264 e. The van der Waals surface area contributed by atoms with Gasteiger partial charge in [-0.15, -0.1) is 0 Å². The van der Waals surface area contributed by atoms with E-state index in [-0.39, 0.29) is 5.75 Å². The molecule has 92 valence electrons. The maximum atomic E-state index is 10.3. The van der Waals surface area contributed by atoms with Gasteiger partial charge in [-0.25, -0.2) is 0 Å². The Morgan fingerprint density at radius 3 is 2.47 bits per heavy atom. The van der Waals surface area contributed by atoms with Crippen molar-refractivity contribution in [2.24, 2.45) is 0 Å². The van der Waals surface area contributed by atoms with E-state index in [9.17, 15) is 8.42 Å². The highest BCUT2D eigenvalue weighted by Crippen LogP contribution is 1.91. The van der Waals surface area contributed by atoms with Gasteiger partial charge in [0.15, 0.2) is 0 Å². The van der Waals surface area contributed by atoms with Crippen molar-refractivity contribution in [2.75, 3.05) is 39.1 Å². The van der Waals surface area contributed by atoms with Crippen LogP contribution in [-0.4, -0.2) is 57.0 Å². The molecule has 0 aliphatic heterocycles. The van der Waals surface area contributed by atoms with Gasteiger partial charge in [-0.1, -0.05) is 6.92 Å². The summed E-state index contributed by atoms with van der Waals surface area (Å²) in [5.41, 5.74) is 0. The molecule has 0 aromatic heterocycles. The molecule has 0 spiro atoms. The van der Waals surface area contributed by atoms with Crippen molar-refractivity contribution in [3.8, 4) is 0 Å². The van der Waals surface area contributed by atoms with Crippen LogP contribution in [0.3, 0.4) is 0 Å². The molecule has 0 amide bonds. The Morgan fingerprint density at radius 2 is 1.93 bits per heavy atom. The summed E-state index contributed by atoms with van der Waals surface area (Å²) in [4.78, 5) is 2.16. The molecule has 0 heterocycles. The van der Waals surface area contributed by atoms with E-state index < -0.39 is 10.1 Å². The average molecular weight is 239 g/mol. The van der Waals surface area contributed by atoms with E-state index in [2.05, 4.69) is 11.8 Å².